The van der Waals surface area contributed by atoms with Crippen molar-refractivity contribution in [2.45, 2.75) is 13.5 Å². The average molecular weight is 463 g/mol. The van der Waals surface area contributed by atoms with Gasteiger partial charge in [-0.25, -0.2) is 4.79 Å². The summed E-state index contributed by atoms with van der Waals surface area (Å²) in [4.78, 5) is 24.6. The Morgan fingerprint density at radius 2 is 1.91 bits per heavy atom. The van der Waals surface area contributed by atoms with Gasteiger partial charge in [-0.15, -0.1) is 11.3 Å². The van der Waals surface area contributed by atoms with Crippen LogP contribution in [0.4, 0.5) is 5.00 Å². The minimum Gasteiger partial charge on any atom is -0.493 e. The van der Waals surface area contributed by atoms with Crippen LogP contribution >= 0.6 is 11.3 Å². The van der Waals surface area contributed by atoms with Gasteiger partial charge in [0.15, 0.2) is 11.5 Å². The van der Waals surface area contributed by atoms with Crippen molar-refractivity contribution in [3.8, 4) is 17.6 Å². The van der Waals surface area contributed by atoms with E-state index in [-0.39, 0.29) is 11.1 Å². The van der Waals surface area contributed by atoms with Crippen LogP contribution in [0.5, 0.6) is 11.5 Å². The van der Waals surface area contributed by atoms with Gasteiger partial charge in [0, 0.05) is 5.56 Å². The second-order valence-corrected chi connectivity index (χ2v) is 7.79. The molecule has 0 bridgehead atoms. The number of hydrogen-bond donors (Lipinski definition) is 1. The number of methoxy groups -OCH3 is 2. The summed E-state index contributed by atoms with van der Waals surface area (Å²) >= 11 is 1.16. The van der Waals surface area contributed by atoms with Gasteiger partial charge in [0.05, 0.1) is 19.8 Å². The number of esters is 1. The molecular weight excluding hydrogens is 440 g/mol. The fourth-order valence-corrected chi connectivity index (χ4v) is 3.81. The number of benzene rings is 2. The molecule has 8 heteroatoms. The van der Waals surface area contributed by atoms with Crippen LogP contribution in [0.2, 0.25) is 0 Å². The van der Waals surface area contributed by atoms with Crippen LogP contribution in [0.3, 0.4) is 0 Å². The molecule has 0 spiro atoms. The molecule has 0 unspecified atom stereocenters. The van der Waals surface area contributed by atoms with Crippen LogP contribution < -0.4 is 14.8 Å². The van der Waals surface area contributed by atoms with Gasteiger partial charge in [-0.3, -0.25) is 4.79 Å². The second kappa shape index (κ2) is 11.0. The van der Waals surface area contributed by atoms with Crippen molar-refractivity contribution in [2.75, 3.05) is 19.5 Å². The van der Waals surface area contributed by atoms with Crippen molar-refractivity contribution in [2.24, 2.45) is 0 Å². The first-order valence-corrected chi connectivity index (χ1v) is 10.8. The number of nitriles is 1. The van der Waals surface area contributed by atoms with Gasteiger partial charge in [0.25, 0.3) is 5.91 Å². The molecule has 2 aromatic carbocycles. The first kappa shape index (κ1) is 23.6. The van der Waals surface area contributed by atoms with Crippen molar-refractivity contribution in [3.05, 3.63) is 81.7 Å². The normalized spacial score (nSPS) is 10.8. The molecule has 0 radical (unpaired) electrons. The van der Waals surface area contributed by atoms with E-state index in [1.54, 1.807) is 29.6 Å². The van der Waals surface area contributed by atoms with E-state index in [2.05, 4.69) is 5.32 Å². The Kier molecular flexibility index (Phi) is 7.84. The summed E-state index contributed by atoms with van der Waals surface area (Å²) in [7, 11) is 2.78. The standard InChI is InChI=1S/C25H22N2O5S/c1-16-7-4-5-8-18(16)15-32-22-17(9-6-10-21(22)30-2)13-19(14-26)23(28)27-24-20(11-12-33-24)25(29)31-3/h4-13H,15H2,1-3H3,(H,27,28). The molecule has 33 heavy (non-hydrogen) atoms. The lowest BCUT2D eigenvalue weighted by Crippen LogP contribution is -2.15. The Bertz CT molecular complexity index is 1240. The van der Waals surface area contributed by atoms with Crippen molar-refractivity contribution < 1.29 is 23.8 Å². The Labute approximate surface area is 195 Å². The summed E-state index contributed by atoms with van der Waals surface area (Å²) in [5.41, 5.74) is 2.66. The molecular formula is C25H22N2O5S. The number of ether oxygens (including phenoxy) is 3. The van der Waals surface area contributed by atoms with E-state index in [0.717, 1.165) is 22.5 Å². The van der Waals surface area contributed by atoms with Gasteiger partial charge < -0.3 is 19.5 Å². The maximum absolute atomic E-state index is 12.8. The largest absolute Gasteiger partial charge is 0.493 e. The zero-order valence-electron chi connectivity index (χ0n) is 18.4. The fraction of sp³-hybridized carbons (Fsp3) is 0.160. The maximum Gasteiger partial charge on any atom is 0.340 e. The van der Waals surface area contributed by atoms with E-state index in [4.69, 9.17) is 14.2 Å². The number of aryl methyl sites for hydroxylation is 1. The number of amides is 1. The summed E-state index contributed by atoms with van der Waals surface area (Å²) in [5.74, 6) is -0.344. The Morgan fingerprint density at radius 1 is 1.12 bits per heavy atom. The lowest BCUT2D eigenvalue weighted by atomic mass is 10.1. The van der Waals surface area contributed by atoms with Crippen molar-refractivity contribution in [1.82, 2.24) is 0 Å². The second-order valence-electron chi connectivity index (χ2n) is 6.87. The summed E-state index contributed by atoms with van der Waals surface area (Å²) < 4.78 is 16.2. The Morgan fingerprint density at radius 3 is 2.61 bits per heavy atom. The molecule has 0 aliphatic carbocycles. The Hall–Kier alpha value is -4.09. The van der Waals surface area contributed by atoms with Crippen molar-refractivity contribution in [3.63, 3.8) is 0 Å². The third kappa shape index (κ3) is 5.59. The number of para-hydroxylation sites is 1. The van der Waals surface area contributed by atoms with Crippen molar-refractivity contribution in [1.29, 1.82) is 5.26 Å². The lowest BCUT2D eigenvalue weighted by Gasteiger charge is -2.15. The molecule has 7 nitrogen and oxygen atoms in total. The molecule has 0 aliphatic heterocycles. The first-order chi connectivity index (χ1) is 16.0. The van der Waals surface area contributed by atoms with Gasteiger partial charge in [-0.1, -0.05) is 36.4 Å². The highest BCUT2D eigenvalue weighted by molar-refractivity contribution is 7.14. The monoisotopic (exact) mass is 462 g/mol. The van der Waals surface area contributed by atoms with Crippen LogP contribution in [-0.4, -0.2) is 26.1 Å². The molecule has 3 aromatic rings. The number of hydrogen-bond acceptors (Lipinski definition) is 7. The minimum absolute atomic E-state index is 0.159. The highest BCUT2D eigenvalue weighted by Crippen LogP contribution is 2.34. The molecule has 3 rings (SSSR count). The van der Waals surface area contributed by atoms with E-state index < -0.39 is 11.9 Å². The average Bonchev–Trinajstić information content (AvgIpc) is 3.29. The van der Waals surface area contributed by atoms with Crippen molar-refractivity contribution >= 4 is 34.3 Å². The topological polar surface area (TPSA) is 97.7 Å². The van der Waals surface area contributed by atoms with E-state index in [0.29, 0.717) is 28.7 Å². The minimum atomic E-state index is -0.655. The smallest absolute Gasteiger partial charge is 0.340 e. The summed E-state index contributed by atoms with van der Waals surface area (Å²) in [6, 6.07) is 16.5. The number of thiophene rings is 1. The third-order valence-corrected chi connectivity index (χ3v) is 5.65. The molecule has 1 aromatic heterocycles. The zero-order valence-corrected chi connectivity index (χ0v) is 19.2. The predicted octanol–water partition coefficient (Wildman–Crippen LogP) is 4.98. The van der Waals surface area contributed by atoms with Gasteiger partial charge >= 0.3 is 5.97 Å². The summed E-state index contributed by atoms with van der Waals surface area (Å²) in [6.07, 6.45) is 1.43. The Balaban J connectivity index is 1.89. The van der Waals surface area contributed by atoms with Crippen LogP contribution in [0.25, 0.3) is 6.08 Å². The van der Waals surface area contributed by atoms with Crippen LogP contribution in [0.15, 0.2) is 59.5 Å². The first-order valence-electron chi connectivity index (χ1n) is 9.91. The quantitative estimate of drug-likeness (QED) is 0.288. The van der Waals surface area contributed by atoms with Gasteiger partial charge in [0.2, 0.25) is 0 Å². The van der Waals surface area contributed by atoms with Gasteiger partial charge in [0.1, 0.15) is 23.3 Å². The molecule has 1 amide bonds. The molecule has 0 aliphatic rings. The maximum atomic E-state index is 12.8. The van der Waals surface area contributed by atoms with E-state index in [9.17, 15) is 14.9 Å². The highest BCUT2D eigenvalue weighted by Gasteiger charge is 2.19. The van der Waals surface area contributed by atoms with Crippen LogP contribution in [0, 0.1) is 18.3 Å². The fourth-order valence-electron chi connectivity index (χ4n) is 3.03. The number of anilines is 1. The SMILES string of the molecule is COC(=O)c1ccsc1NC(=O)C(C#N)=Cc1cccc(OC)c1OCc1ccccc1C. The highest BCUT2D eigenvalue weighted by atomic mass is 32.1. The third-order valence-electron chi connectivity index (χ3n) is 4.83. The molecule has 0 saturated carbocycles. The summed E-state index contributed by atoms with van der Waals surface area (Å²) in [6.45, 7) is 2.28. The van der Waals surface area contributed by atoms with Crippen LogP contribution in [0.1, 0.15) is 27.0 Å². The van der Waals surface area contributed by atoms with E-state index in [1.165, 1.54) is 20.3 Å². The summed E-state index contributed by atoms with van der Waals surface area (Å²) in [5, 5.41) is 14.2. The van der Waals surface area contributed by atoms with E-state index >= 15 is 0 Å². The predicted molar refractivity (Wildman–Crippen MR) is 126 cm³/mol. The lowest BCUT2D eigenvalue weighted by molar-refractivity contribution is -0.112. The number of carbonyl (C=O) groups is 2. The number of nitrogens with zero attached hydrogens (tertiary/aromatic N) is 1. The van der Waals surface area contributed by atoms with E-state index in [1.807, 2.05) is 37.3 Å². The molecule has 0 fully saturated rings. The molecule has 0 saturated heterocycles. The molecule has 168 valence electrons. The molecule has 0 atom stereocenters. The number of nitrogens with one attached hydrogen (secondary N) is 1. The molecule has 1 heterocycles. The molecule has 1 N–H and O–H groups in total. The van der Waals surface area contributed by atoms with Crippen LogP contribution in [-0.2, 0) is 16.1 Å². The number of rotatable bonds is 8. The van der Waals surface area contributed by atoms with Gasteiger partial charge in [-0.2, -0.15) is 5.26 Å². The zero-order chi connectivity index (χ0) is 23.8. The number of carbonyl (C=O) groups excluding carboxylic acids is 2. The van der Waals surface area contributed by atoms with Gasteiger partial charge in [-0.05, 0) is 41.6 Å².